The van der Waals surface area contributed by atoms with Gasteiger partial charge in [-0.25, -0.2) is 0 Å². The van der Waals surface area contributed by atoms with E-state index in [9.17, 15) is 0 Å². The summed E-state index contributed by atoms with van der Waals surface area (Å²) in [5, 5.41) is 2.12. The average molecular weight is 223 g/mol. The summed E-state index contributed by atoms with van der Waals surface area (Å²) in [6.45, 7) is 3.01. The summed E-state index contributed by atoms with van der Waals surface area (Å²) in [6, 6.07) is 2.21. The number of aryl methyl sites for hydroxylation is 1. The highest BCUT2D eigenvalue weighted by molar-refractivity contribution is 7.10. The Labute approximate surface area is 94.7 Å². The van der Waals surface area contributed by atoms with Crippen LogP contribution in [0.25, 0.3) is 0 Å². The second-order valence-electron chi connectivity index (χ2n) is 3.81. The molecule has 0 aromatic carbocycles. The van der Waals surface area contributed by atoms with Gasteiger partial charge in [0.2, 0.25) is 0 Å². The van der Waals surface area contributed by atoms with Crippen molar-refractivity contribution in [1.82, 2.24) is 0 Å². The van der Waals surface area contributed by atoms with Gasteiger partial charge in [0.05, 0.1) is 18.9 Å². The smallest absolute Gasteiger partial charge is 0.0876 e. The van der Waals surface area contributed by atoms with E-state index in [4.69, 9.17) is 10.5 Å². The number of ether oxygens (including phenoxy) is 1. The van der Waals surface area contributed by atoms with Crippen LogP contribution in [-0.2, 0) is 11.2 Å². The molecule has 1 atom stereocenters. The highest BCUT2D eigenvalue weighted by Gasteiger charge is 2.18. The van der Waals surface area contributed by atoms with Crippen LogP contribution in [0.4, 0.5) is 0 Å². The van der Waals surface area contributed by atoms with Gasteiger partial charge in [0.1, 0.15) is 0 Å². The first-order valence-corrected chi connectivity index (χ1v) is 6.33. The van der Waals surface area contributed by atoms with Crippen LogP contribution in [0.15, 0.2) is 23.3 Å². The molecule has 0 saturated carbocycles. The van der Waals surface area contributed by atoms with Crippen LogP contribution in [0, 0.1) is 0 Å². The van der Waals surface area contributed by atoms with E-state index < -0.39 is 0 Å². The quantitative estimate of drug-likeness (QED) is 0.855. The van der Waals surface area contributed by atoms with Crippen molar-refractivity contribution >= 4 is 11.3 Å². The van der Waals surface area contributed by atoms with Crippen molar-refractivity contribution in [2.24, 2.45) is 5.73 Å². The van der Waals surface area contributed by atoms with Gasteiger partial charge < -0.3 is 10.5 Å². The van der Waals surface area contributed by atoms with E-state index in [-0.39, 0.29) is 6.04 Å². The van der Waals surface area contributed by atoms with E-state index in [1.807, 2.05) is 6.26 Å². The molecule has 0 saturated heterocycles. The number of thiophene rings is 1. The number of hydrogen-bond donors (Lipinski definition) is 1. The molecule has 1 aliphatic rings. The van der Waals surface area contributed by atoms with Crippen LogP contribution in [0.5, 0.6) is 0 Å². The molecule has 0 amide bonds. The predicted molar refractivity (Wildman–Crippen MR) is 63.9 cm³/mol. The average Bonchev–Trinajstić information content (AvgIpc) is 2.77. The predicted octanol–water partition coefficient (Wildman–Crippen LogP) is 3.00. The van der Waals surface area contributed by atoms with Crippen molar-refractivity contribution < 1.29 is 4.74 Å². The van der Waals surface area contributed by atoms with Gasteiger partial charge in [0, 0.05) is 4.88 Å². The molecule has 2 heterocycles. The molecule has 0 spiro atoms. The Balaban J connectivity index is 2.19. The summed E-state index contributed by atoms with van der Waals surface area (Å²) in [7, 11) is 0. The Morgan fingerprint density at radius 2 is 2.47 bits per heavy atom. The fraction of sp³-hybridized carbons (Fsp3) is 0.500. The van der Waals surface area contributed by atoms with Crippen LogP contribution < -0.4 is 5.73 Å². The molecule has 1 unspecified atom stereocenters. The number of hydrogen-bond acceptors (Lipinski definition) is 3. The minimum absolute atomic E-state index is 0.0419. The Kier molecular flexibility index (Phi) is 3.44. The third kappa shape index (κ3) is 2.24. The minimum atomic E-state index is 0.0419. The SMILES string of the molecule is CCc1ccsc1C(N)C1=COCCC1. The summed E-state index contributed by atoms with van der Waals surface area (Å²) >= 11 is 1.75. The first-order chi connectivity index (χ1) is 7.33. The van der Waals surface area contributed by atoms with Crippen molar-refractivity contribution in [2.45, 2.75) is 32.2 Å². The van der Waals surface area contributed by atoms with Gasteiger partial charge in [-0.1, -0.05) is 6.92 Å². The Hall–Kier alpha value is -0.800. The maximum Gasteiger partial charge on any atom is 0.0876 e. The first kappa shape index (κ1) is 10.7. The van der Waals surface area contributed by atoms with Gasteiger partial charge >= 0.3 is 0 Å². The molecular weight excluding hydrogens is 206 g/mol. The molecule has 82 valence electrons. The van der Waals surface area contributed by atoms with E-state index in [2.05, 4.69) is 18.4 Å². The lowest BCUT2D eigenvalue weighted by atomic mass is 9.99. The van der Waals surface area contributed by atoms with Crippen molar-refractivity contribution in [3.63, 3.8) is 0 Å². The molecule has 1 aromatic heterocycles. The molecule has 2 rings (SSSR count). The van der Waals surface area contributed by atoms with Gasteiger partial charge in [-0.05, 0) is 41.8 Å². The molecular formula is C12H17NOS. The molecule has 0 bridgehead atoms. The standard InChI is InChI=1S/C12H17NOS/c1-2-9-5-7-15-12(9)11(13)10-4-3-6-14-8-10/h5,7-8,11H,2-4,6,13H2,1H3. The van der Waals surface area contributed by atoms with Crippen LogP contribution in [0.3, 0.4) is 0 Å². The second kappa shape index (κ2) is 4.81. The van der Waals surface area contributed by atoms with Crippen molar-refractivity contribution in [3.8, 4) is 0 Å². The summed E-state index contributed by atoms with van der Waals surface area (Å²) < 4.78 is 5.34. The van der Waals surface area contributed by atoms with E-state index >= 15 is 0 Å². The van der Waals surface area contributed by atoms with Gasteiger partial charge in [0.25, 0.3) is 0 Å². The Morgan fingerprint density at radius 3 is 3.13 bits per heavy atom. The summed E-state index contributed by atoms with van der Waals surface area (Å²) in [6.07, 6.45) is 5.07. The van der Waals surface area contributed by atoms with Gasteiger partial charge in [-0.15, -0.1) is 11.3 Å². The third-order valence-corrected chi connectivity index (χ3v) is 3.85. The summed E-state index contributed by atoms with van der Waals surface area (Å²) in [4.78, 5) is 1.30. The highest BCUT2D eigenvalue weighted by atomic mass is 32.1. The zero-order valence-electron chi connectivity index (χ0n) is 9.03. The lowest BCUT2D eigenvalue weighted by Gasteiger charge is -2.19. The Bertz CT molecular complexity index is 356. The molecule has 1 aromatic rings. The van der Waals surface area contributed by atoms with Gasteiger partial charge in [-0.2, -0.15) is 0 Å². The molecule has 0 aliphatic carbocycles. The van der Waals surface area contributed by atoms with Gasteiger partial charge in [0.15, 0.2) is 0 Å². The topological polar surface area (TPSA) is 35.2 Å². The molecule has 3 heteroatoms. The zero-order chi connectivity index (χ0) is 10.7. The first-order valence-electron chi connectivity index (χ1n) is 5.45. The monoisotopic (exact) mass is 223 g/mol. The van der Waals surface area contributed by atoms with Crippen LogP contribution >= 0.6 is 11.3 Å². The maximum absolute atomic E-state index is 6.25. The summed E-state index contributed by atoms with van der Waals surface area (Å²) in [5.41, 5.74) is 8.86. The van der Waals surface area contributed by atoms with Crippen LogP contribution in [0.2, 0.25) is 0 Å². The molecule has 2 N–H and O–H groups in total. The molecule has 2 nitrogen and oxygen atoms in total. The molecule has 15 heavy (non-hydrogen) atoms. The van der Waals surface area contributed by atoms with Gasteiger partial charge in [-0.3, -0.25) is 0 Å². The van der Waals surface area contributed by atoms with Crippen molar-refractivity contribution in [3.05, 3.63) is 33.7 Å². The van der Waals surface area contributed by atoms with Crippen molar-refractivity contribution in [1.29, 1.82) is 0 Å². The van der Waals surface area contributed by atoms with Crippen LogP contribution in [0.1, 0.15) is 36.2 Å². The Morgan fingerprint density at radius 1 is 1.60 bits per heavy atom. The molecule has 1 aliphatic heterocycles. The highest BCUT2D eigenvalue weighted by Crippen LogP contribution is 2.31. The molecule has 0 fully saturated rings. The second-order valence-corrected chi connectivity index (χ2v) is 4.76. The lowest BCUT2D eigenvalue weighted by molar-refractivity contribution is 0.221. The third-order valence-electron chi connectivity index (χ3n) is 2.81. The normalized spacial score (nSPS) is 18.1. The summed E-state index contributed by atoms with van der Waals surface area (Å²) in [5.74, 6) is 0. The maximum atomic E-state index is 6.25. The zero-order valence-corrected chi connectivity index (χ0v) is 9.85. The van der Waals surface area contributed by atoms with E-state index in [0.29, 0.717) is 0 Å². The van der Waals surface area contributed by atoms with E-state index in [1.165, 1.54) is 16.0 Å². The fourth-order valence-corrected chi connectivity index (χ4v) is 2.93. The largest absolute Gasteiger partial charge is 0.501 e. The number of rotatable bonds is 3. The van der Waals surface area contributed by atoms with E-state index in [0.717, 1.165) is 25.9 Å². The lowest BCUT2D eigenvalue weighted by Crippen LogP contribution is -2.16. The van der Waals surface area contributed by atoms with Crippen molar-refractivity contribution in [2.75, 3.05) is 6.61 Å². The fourth-order valence-electron chi connectivity index (χ4n) is 1.89. The molecule has 0 radical (unpaired) electrons. The van der Waals surface area contributed by atoms with E-state index in [1.54, 1.807) is 11.3 Å². The van der Waals surface area contributed by atoms with Crippen LogP contribution in [-0.4, -0.2) is 6.61 Å². The minimum Gasteiger partial charge on any atom is -0.501 e. The number of nitrogens with two attached hydrogens (primary N) is 1.